The smallest absolute Gasteiger partial charge is 0.341 e. The maximum atomic E-state index is 12.2. The van der Waals surface area contributed by atoms with Gasteiger partial charge in [-0.15, -0.1) is 0 Å². The van der Waals surface area contributed by atoms with E-state index in [4.69, 9.17) is 4.74 Å². The summed E-state index contributed by atoms with van der Waals surface area (Å²) < 4.78 is 7.14. The maximum Gasteiger partial charge on any atom is 0.341 e. The lowest BCUT2D eigenvalue weighted by atomic mass is 10.1. The standard InChI is InChI=1S/C19H26N2O2/c1-7-20(8-2)18-17(19(22)23-6)12-15(5)21(18)16-10-13(3)9-14(4)11-16/h9-12H,7-8H2,1-6H3. The van der Waals surface area contributed by atoms with Crippen LogP contribution in [-0.4, -0.2) is 30.7 Å². The number of carbonyl (C=O) groups excluding carboxylic acids is 1. The fourth-order valence-corrected chi connectivity index (χ4v) is 3.13. The van der Waals surface area contributed by atoms with Crippen LogP contribution in [-0.2, 0) is 4.74 Å². The van der Waals surface area contributed by atoms with Gasteiger partial charge in [0.15, 0.2) is 0 Å². The number of aryl methyl sites for hydroxylation is 3. The van der Waals surface area contributed by atoms with Crippen LogP contribution in [0.25, 0.3) is 5.69 Å². The zero-order chi connectivity index (χ0) is 17.1. The van der Waals surface area contributed by atoms with Crippen molar-refractivity contribution in [3.63, 3.8) is 0 Å². The monoisotopic (exact) mass is 314 g/mol. The van der Waals surface area contributed by atoms with Gasteiger partial charge < -0.3 is 14.2 Å². The Hall–Kier alpha value is -2.23. The lowest BCUT2D eigenvalue weighted by Gasteiger charge is -2.25. The zero-order valence-corrected chi connectivity index (χ0v) is 14.9. The molecular formula is C19H26N2O2. The Morgan fingerprint density at radius 2 is 1.61 bits per heavy atom. The van der Waals surface area contributed by atoms with Crippen LogP contribution < -0.4 is 4.90 Å². The molecule has 0 spiro atoms. The Kier molecular flexibility index (Phi) is 5.14. The van der Waals surface area contributed by atoms with Crippen LogP contribution in [0.5, 0.6) is 0 Å². The number of esters is 1. The Labute approximate surface area is 138 Å². The minimum atomic E-state index is -0.293. The maximum absolute atomic E-state index is 12.2. The summed E-state index contributed by atoms with van der Waals surface area (Å²) in [5, 5.41) is 0. The molecule has 4 nitrogen and oxygen atoms in total. The second kappa shape index (κ2) is 6.90. The van der Waals surface area contributed by atoms with Gasteiger partial charge in [0.2, 0.25) is 0 Å². The minimum Gasteiger partial charge on any atom is -0.465 e. The SMILES string of the molecule is CCN(CC)c1c(C(=O)OC)cc(C)n1-c1cc(C)cc(C)c1. The van der Waals surface area contributed by atoms with E-state index >= 15 is 0 Å². The molecule has 0 bridgehead atoms. The highest BCUT2D eigenvalue weighted by molar-refractivity contribution is 5.96. The molecule has 2 rings (SSSR count). The Bertz CT molecular complexity index is 692. The van der Waals surface area contributed by atoms with Crippen molar-refractivity contribution < 1.29 is 9.53 Å². The quantitative estimate of drug-likeness (QED) is 0.781. The van der Waals surface area contributed by atoms with Crippen LogP contribution in [0.15, 0.2) is 24.3 Å². The van der Waals surface area contributed by atoms with Crippen molar-refractivity contribution in [2.45, 2.75) is 34.6 Å². The molecule has 23 heavy (non-hydrogen) atoms. The van der Waals surface area contributed by atoms with Crippen LogP contribution >= 0.6 is 0 Å². The fraction of sp³-hybridized carbons (Fsp3) is 0.421. The molecule has 0 atom stereocenters. The largest absolute Gasteiger partial charge is 0.465 e. The fourth-order valence-electron chi connectivity index (χ4n) is 3.13. The number of anilines is 1. The Morgan fingerprint density at radius 3 is 2.09 bits per heavy atom. The highest BCUT2D eigenvalue weighted by Crippen LogP contribution is 2.30. The first-order valence-corrected chi connectivity index (χ1v) is 8.07. The average molecular weight is 314 g/mol. The minimum absolute atomic E-state index is 0.293. The molecule has 0 aliphatic heterocycles. The van der Waals surface area contributed by atoms with Gasteiger partial charge in [-0.05, 0) is 63.9 Å². The summed E-state index contributed by atoms with van der Waals surface area (Å²) >= 11 is 0. The Balaban J connectivity index is 2.76. The number of hydrogen-bond donors (Lipinski definition) is 0. The van der Waals surface area contributed by atoms with Crippen molar-refractivity contribution in [1.82, 2.24) is 4.57 Å². The number of aromatic nitrogens is 1. The number of hydrogen-bond acceptors (Lipinski definition) is 3. The molecule has 2 aromatic rings. The van der Waals surface area contributed by atoms with Crippen LogP contribution in [0.3, 0.4) is 0 Å². The van der Waals surface area contributed by atoms with Crippen molar-refractivity contribution in [3.05, 3.63) is 46.6 Å². The summed E-state index contributed by atoms with van der Waals surface area (Å²) in [6.45, 7) is 12.1. The molecule has 0 aliphatic carbocycles. The van der Waals surface area contributed by atoms with Crippen LogP contribution in [0.4, 0.5) is 5.82 Å². The zero-order valence-electron chi connectivity index (χ0n) is 14.9. The molecule has 0 radical (unpaired) electrons. The number of rotatable bonds is 5. The van der Waals surface area contributed by atoms with E-state index in [2.05, 4.69) is 55.4 Å². The van der Waals surface area contributed by atoms with Gasteiger partial charge in [0.05, 0.1) is 7.11 Å². The van der Waals surface area contributed by atoms with Crippen LogP contribution in [0, 0.1) is 20.8 Å². The van der Waals surface area contributed by atoms with Gasteiger partial charge in [0.1, 0.15) is 11.4 Å². The van der Waals surface area contributed by atoms with Gasteiger partial charge >= 0.3 is 5.97 Å². The van der Waals surface area contributed by atoms with Crippen molar-refractivity contribution in [1.29, 1.82) is 0 Å². The first kappa shape index (κ1) is 17.1. The molecule has 0 aliphatic rings. The van der Waals surface area contributed by atoms with Gasteiger partial charge in [-0.2, -0.15) is 0 Å². The van der Waals surface area contributed by atoms with Crippen LogP contribution in [0.2, 0.25) is 0 Å². The summed E-state index contributed by atoms with van der Waals surface area (Å²) in [4.78, 5) is 14.4. The lowest BCUT2D eigenvalue weighted by molar-refractivity contribution is 0.0601. The summed E-state index contributed by atoms with van der Waals surface area (Å²) in [5.74, 6) is 0.613. The molecule has 1 aromatic carbocycles. The summed E-state index contributed by atoms with van der Waals surface area (Å²) in [6.07, 6.45) is 0. The van der Waals surface area contributed by atoms with E-state index in [1.807, 2.05) is 13.0 Å². The lowest BCUT2D eigenvalue weighted by Crippen LogP contribution is -2.26. The molecule has 0 saturated carbocycles. The molecule has 1 aromatic heterocycles. The highest BCUT2D eigenvalue weighted by Gasteiger charge is 2.23. The van der Waals surface area contributed by atoms with Crippen molar-refractivity contribution in [2.75, 3.05) is 25.1 Å². The molecular weight excluding hydrogens is 288 g/mol. The Morgan fingerprint density at radius 1 is 1.04 bits per heavy atom. The van der Waals surface area contributed by atoms with E-state index < -0.39 is 0 Å². The van der Waals surface area contributed by atoms with Gasteiger partial charge in [-0.3, -0.25) is 0 Å². The number of methoxy groups -OCH3 is 1. The van der Waals surface area contributed by atoms with Gasteiger partial charge in [-0.25, -0.2) is 4.79 Å². The van der Waals surface area contributed by atoms with Gasteiger partial charge in [0.25, 0.3) is 0 Å². The molecule has 0 amide bonds. The summed E-state index contributed by atoms with van der Waals surface area (Å²) in [5.41, 5.74) is 5.14. The average Bonchev–Trinajstić information content (AvgIpc) is 2.84. The molecule has 4 heteroatoms. The van der Waals surface area contributed by atoms with E-state index in [0.29, 0.717) is 5.56 Å². The van der Waals surface area contributed by atoms with E-state index in [1.165, 1.54) is 18.2 Å². The number of benzene rings is 1. The van der Waals surface area contributed by atoms with Gasteiger partial charge in [-0.1, -0.05) is 6.07 Å². The number of nitrogens with zero attached hydrogens (tertiary/aromatic N) is 2. The van der Waals surface area contributed by atoms with Crippen LogP contribution in [0.1, 0.15) is 41.0 Å². The van der Waals surface area contributed by atoms with Crippen molar-refractivity contribution in [3.8, 4) is 5.69 Å². The number of ether oxygens (including phenoxy) is 1. The third-order valence-corrected chi connectivity index (χ3v) is 4.09. The predicted octanol–water partition coefficient (Wildman–Crippen LogP) is 4.04. The molecule has 0 saturated heterocycles. The molecule has 0 fully saturated rings. The third kappa shape index (κ3) is 3.26. The normalized spacial score (nSPS) is 10.7. The molecule has 124 valence electrons. The molecule has 0 unspecified atom stereocenters. The molecule has 1 heterocycles. The second-order valence-electron chi connectivity index (χ2n) is 5.87. The summed E-state index contributed by atoms with van der Waals surface area (Å²) in [7, 11) is 1.43. The predicted molar refractivity (Wildman–Crippen MR) is 94.9 cm³/mol. The van der Waals surface area contributed by atoms with Crippen molar-refractivity contribution in [2.24, 2.45) is 0 Å². The topological polar surface area (TPSA) is 34.5 Å². The first-order chi connectivity index (χ1) is 10.9. The molecule has 0 N–H and O–H groups in total. The third-order valence-electron chi connectivity index (χ3n) is 4.09. The van der Waals surface area contributed by atoms with E-state index in [-0.39, 0.29) is 5.97 Å². The number of carbonyl (C=O) groups is 1. The van der Waals surface area contributed by atoms with E-state index in [1.54, 1.807) is 0 Å². The van der Waals surface area contributed by atoms with E-state index in [9.17, 15) is 4.79 Å². The van der Waals surface area contributed by atoms with Gasteiger partial charge in [0, 0.05) is 24.5 Å². The highest BCUT2D eigenvalue weighted by atomic mass is 16.5. The first-order valence-electron chi connectivity index (χ1n) is 8.07. The van der Waals surface area contributed by atoms with E-state index in [0.717, 1.165) is 30.3 Å². The second-order valence-corrected chi connectivity index (χ2v) is 5.87. The van der Waals surface area contributed by atoms with Crippen molar-refractivity contribution >= 4 is 11.8 Å². The summed E-state index contributed by atoms with van der Waals surface area (Å²) in [6, 6.07) is 8.36.